The van der Waals surface area contributed by atoms with Crippen molar-refractivity contribution in [2.24, 2.45) is 0 Å². The van der Waals surface area contributed by atoms with Crippen LogP contribution < -0.4 is 11.5 Å². The molecule has 0 aliphatic heterocycles. The van der Waals surface area contributed by atoms with Gasteiger partial charge in [0.1, 0.15) is 0 Å². The summed E-state index contributed by atoms with van der Waals surface area (Å²) in [5, 5.41) is 0. The van der Waals surface area contributed by atoms with Crippen molar-refractivity contribution in [2.75, 3.05) is 24.7 Å². The number of ether oxygens (including phenoxy) is 2. The Balaban J connectivity index is 2.55. The predicted octanol–water partition coefficient (Wildman–Crippen LogP) is 3.61. The van der Waals surface area contributed by atoms with Crippen LogP contribution in [0.5, 0.6) is 0 Å². The smallest absolute Gasteiger partial charge is 0.341 e. The largest absolute Gasteiger partial charge is 0.462 e. The Bertz CT molecular complexity index is 726. The summed E-state index contributed by atoms with van der Waals surface area (Å²) in [5.74, 6) is -0.903. The first-order valence-electron chi connectivity index (χ1n) is 7.45. The Morgan fingerprint density at radius 3 is 1.46 bits per heavy atom. The van der Waals surface area contributed by atoms with Crippen LogP contribution in [0.15, 0.2) is 0 Å². The molecule has 6 nitrogen and oxygen atoms in total. The highest BCUT2D eigenvalue weighted by Gasteiger charge is 2.27. The summed E-state index contributed by atoms with van der Waals surface area (Å²) < 4.78 is 10.1. The Morgan fingerprint density at radius 1 is 0.833 bits per heavy atom. The summed E-state index contributed by atoms with van der Waals surface area (Å²) in [6.45, 7) is 7.64. The first-order chi connectivity index (χ1) is 11.3. The lowest BCUT2D eigenvalue weighted by molar-refractivity contribution is 0.0517. The van der Waals surface area contributed by atoms with Crippen LogP contribution in [0.25, 0.3) is 9.75 Å². The van der Waals surface area contributed by atoms with Gasteiger partial charge < -0.3 is 20.9 Å². The third kappa shape index (κ3) is 3.11. The maximum Gasteiger partial charge on any atom is 0.341 e. The fraction of sp³-hybridized carbons (Fsp3) is 0.375. The molecule has 0 aliphatic carbocycles. The zero-order valence-electron chi connectivity index (χ0n) is 14.0. The van der Waals surface area contributed by atoms with Crippen molar-refractivity contribution in [1.29, 1.82) is 0 Å². The fourth-order valence-electron chi connectivity index (χ4n) is 2.38. The molecule has 0 bridgehead atoms. The number of esters is 2. The lowest BCUT2D eigenvalue weighted by atomic mass is 10.1. The summed E-state index contributed by atoms with van der Waals surface area (Å²) in [4.78, 5) is 27.0. The van der Waals surface area contributed by atoms with Crippen molar-refractivity contribution in [3.05, 3.63) is 20.9 Å². The third-order valence-electron chi connectivity index (χ3n) is 3.41. The van der Waals surface area contributed by atoms with Crippen LogP contribution in [-0.2, 0) is 9.47 Å². The molecule has 2 heterocycles. The van der Waals surface area contributed by atoms with E-state index >= 15 is 0 Å². The lowest BCUT2D eigenvalue weighted by Gasteiger charge is -2.04. The number of hydrogen-bond donors (Lipinski definition) is 2. The minimum absolute atomic E-state index is 0.274. The van der Waals surface area contributed by atoms with E-state index in [9.17, 15) is 9.59 Å². The monoisotopic (exact) mass is 368 g/mol. The van der Waals surface area contributed by atoms with E-state index in [4.69, 9.17) is 20.9 Å². The van der Waals surface area contributed by atoms with E-state index in [2.05, 4.69) is 0 Å². The van der Waals surface area contributed by atoms with Crippen LogP contribution in [-0.4, -0.2) is 25.2 Å². The van der Waals surface area contributed by atoms with E-state index in [-0.39, 0.29) is 13.2 Å². The van der Waals surface area contributed by atoms with Crippen molar-refractivity contribution in [3.8, 4) is 9.75 Å². The Labute approximate surface area is 148 Å². The van der Waals surface area contributed by atoms with Crippen LogP contribution in [0, 0.1) is 13.8 Å². The van der Waals surface area contributed by atoms with Crippen molar-refractivity contribution >= 4 is 46.0 Å². The highest BCUT2D eigenvalue weighted by atomic mass is 32.1. The van der Waals surface area contributed by atoms with E-state index < -0.39 is 11.9 Å². The number of carbonyl (C=O) groups excluding carboxylic acids is 2. The molecule has 0 amide bonds. The third-order valence-corrected chi connectivity index (χ3v) is 5.81. The number of carbonyl (C=O) groups is 2. The second kappa shape index (κ2) is 7.23. The Kier molecular flexibility index (Phi) is 5.51. The van der Waals surface area contributed by atoms with Gasteiger partial charge in [-0.05, 0) is 27.7 Å². The van der Waals surface area contributed by atoms with Gasteiger partial charge in [-0.3, -0.25) is 0 Å². The van der Waals surface area contributed by atoms with E-state index in [1.54, 1.807) is 27.7 Å². The highest BCUT2D eigenvalue weighted by molar-refractivity contribution is 7.23. The summed E-state index contributed by atoms with van der Waals surface area (Å²) in [6, 6.07) is 0. The summed E-state index contributed by atoms with van der Waals surface area (Å²) in [5.41, 5.74) is 13.7. The molecule has 0 spiro atoms. The maximum atomic E-state index is 12.1. The first-order valence-corrected chi connectivity index (χ1v) is 9.08. The molecule has 2 rings (SSSR count). The molecule has 0 radical (unpaired) electrons. The molecular formula is C16H20N2O4S2. The normalized spacial score (nSPS) is 10.7. The SMILES string of the molecule is CCOC(=O)c1c(C)sc(-c2sc(C)c(C(=O)OCC)c2N)c1N. The van der Waals surface area contributed by atoms with Gasteiger partial charge >= 0.3 is 11.9 Å². The van der Waals surface area contributed by atoms with Crippen molar-refractivity contribution in [1.82, 2.24) is 0 Å². The van der Waals surface area contributed by atoms with Crippen molar-refractivity contribution in [3.63, 3.8) is 0 Å². The van der Waals surface area contributed by atoms with E-state index in [0.29, 0.717) is 32.3 Å². The second-order valence-corrected chi connectivity index (χ2v) is 7.44. The standard InChI is InChI=1S/C16H20N2O4S2/c1-5-21-15(19)9-7(3)23-13(11(9)17)14-12(18)10(8(4)24-14)16(20)22-6-2/h5-6,17-18H2,1-4H3. The number of nitrogen functional groups attached to an aromatic ring is 2. The molecule has 0 fully saturated rings. The molecule has 2 aromatic rings. The molecule has 0 aromatic carbocycles. The lowest BCUT2D eigenvalue weighted by Crippen LogP contribution is -2.08. The Morgan fingerprint density at radius 2 is 1.17 bits per heavy atom. The number of rotatable bonds is 5. The van der Waals surface area contributed by atoms with Crippen LogP contribution in [0.1, 0.15) is 44.3 Å². The van der Waals surface area contributed by atoms with Crippen LogP contribution >= 0.6 is 22.7 Å². The highest BCUT2D eigenvalue weighted by Crippen LogP contribution is 2.47. The van der Waals surface area contributed by atoms with Gasteiger partial charge in [-0.1, -0.05) is 0 Å². The average Bonchev–Trinajstić information content (AvgIpc) is 2.95. The molecule has 4 N–H and O–H groups in total. The zero-order chi connectivity index (χ0) is 18.0. The number of anilines is 2. The second-order valence-electron chi connectivity index (χ2n) is 4.99. The number of nitrogens with two attached hydrogens (primary N) is 2. The molecule has 0 saturated heterocycles. The van der Waals surface area contributed by atoms with Gasteiger partial charge in [0.2, 0.25) is 0 Å². The minimum Gasteiger partial charge on any atom is -0.462 e. The summed E-state index contributed by atoms with van der Waals surface area (Å²) in [7, 11) is 0. The van der Waals surface area contributed by atoms with Crippen LogP contribution in [0.4, 0.5) is 11.4 Å². The van der Waals surface area contributed by atoms with Gasteiger partial charge in [0.15, 0.2) is 0 Å². The van der Waals surface area contributed by atoms with E-state index in [1.165, 1.54) is 22.7 Å². The van der Waals surface area contributed by atoms with Gasteiger partial charge in [0.05, 0.1) is 45.5 Å². The van der Waals surface area contributed by atoms with Gasteiger partial charge in [-0.25, -0.2) is 9.59 Å². The topological polar surface area (TPSA) is 105 Å². The molecule has 24 heavy (non-hydrogen) atoms. The summed E-state index contributed by atoms with van der Waals surface area (Å²) >= 11 is 2.72. The van der Waals surface area contributed by atoms with Crippen molar-refractivity contribution < 1.29 is 19.1 Å². The molecule has 0 aliphatic rings. The minimum atomic E-state index is -0.451. The van der Waals surface area contributed by atoms with Gasteiger partial charge in [0, 0.05) is 9.75 Å². The van der Waals surface area contributed by atoms with Crippen LogP contribution in [0.2, 0.25) is 0 Å². The summed E-state index contributed by atoms with van der Waals surface area (Å²) in [6.07, 6.45) is 0. The molecule has 0 atom stereocenters. The number of hydrogen-bond acceptors (Lipinski definition) is 8. The Hall–Kier alpha value is -2.06. The van der Waals surface area contributed by atoms with E-state index in [0.717, 1.165) is 9.75 Å². The van der Waals surface area contributed by atoms with Gasteiger partial charge in [-0.15, -0.1) is 22.7 Å². The van der Waals surface area contributed by atoms with E-state index in [1.807, 2.05) is 0 Å². The molecular weight excluding hydrogens is 348 g/mol. The average molecular weight is 368 g/mol. The van der Waals surface area contributed by atoms with Gasteiger partial charge in [0.25, 0.3) is 0 Å². The van der Waals surface area contributed by atoms with Crippen molar-refractivity contribution in [2.45, 2.75) is 27.7 Å². The number of aryl methyl sites for hydroxylation is 2. The quantitative estimate of drug-likeness (QED) is 0.781. The maximum absolute atomic E-state index is 12.1. The molecule has 8 heteroatoms. The molecule has 0 unspecified atom stereocenters. The number of thiophene rings is 2. The van der Waals surface area contributed by atoms with Gasteiger partial charge in [-0.2, -0.15) is 0 Å². The molecule has 2 aromatic heterocycles. The first kappa shape index (κ1) is 18.3. The van der Waals surface area contributed by atoms with Crippen LogP contribution in [0.3, 0.4) is 0 Å². The fourth-order valence-corrected chi connectivity index (χ4v) is 4.66. The molecule has 0 saturated carbocycles. The predicted molar refractivity (Wildman–Crippen MR) is 97.8 cm³/mol. The molecule has 130 valence electrons. The zero-order valence-corrected chi connectivity index (χ0v) is 15.7.